The number of furan rings is 1. The average Bonchev–Trinajstić information content (AvgIpc) is 3.45. The van der Waals surface area contributed by atoms with Crippen molar-refractivity contribution in [3.8, 4) is 23.1 Å². The van der Waals surface area contributed by atoms with Crippen LogP contribution in [0.25, 0.3) is 33.5 Å². The third-order valence-corrected chi connectivity index (χ3v) is 7.11. The lowest BCUT2D eigenvalue weighted by Crippen LogP contribution is -2.20. The molecule has 0 aliphatic rings. The van der Waals surface area contributed by atoms with E-state index in [1.165, 1.54) is 18.3 Å². The zero-order valence-corrected chi connectivity index (χ0v) is 23.9. The van der Waals surface area contributed by atoms with Gasteiger partial charge in [-0.25, -0.2) is 4.98 Å². The number of ether oxygens (including phenoxy) is 2. The number of fused-ring (bicyclic) bond motifs is 2. The number of nitro benzene ring substituents is 1. The van der Waals surface area contributed by atoms with E-state index in [-0.39, 0.29) is 40.2 Å². The van der Waals surface area contributed by atoms with E-state index in [9.17, 15) is 14.9 Å². The van der Waals surface area contributed by atoms with Gasteiger partial charge in [0.2, 0.25) is 11.6 Å². The Labute approximate surface area is 253 Å². The molecular formula is C31H20Cl2N4O6. The fourth-order valence-electron chi connectivity index (χ4n) is 4.53. The number of benzene rings is 4. The van der Waals surface area contributed by atoms with Crippen molar-refractivity contribution in [2.45, 2.75) is 6.61 Å². The van der Waals surface area contributed by atoms with Crippen molar-refractivity contribution < 1.29 is 18.8 Å². The molecule has 0 fully saturated rings. The van der Waals surface area contributed by atoms with Crippen LogP contribution < -0.4 is 15.0 Å². The molecule has 0 radical (unpaired) electrons. The van der Waals surface area contributed by atoms with Gasteiger partial charge in [-0.2, -0.15) is 9.78 Å². The lowest BCUT2D eigenvalue weighted by atomic mass is 10.2. The Kier molecular flexibility index (Phi) is 7.54. The van der Waals surface area contributed by atoms with E-state index in [2.05, 4.69) is 10.1 Å². The Morgan fingerprint density at radius 3 is 2.58 bits per heavy atom. The molecule has 0 saturated heterocycles. The number of methoxy groups -OCH3 is 1. The maximum atomic E-state index is 13.6. The van der Waals surface area contributed by atoms with Crippen LogP contribution in [0.3, 0.4) is 0 Å². The second-order valence-corrected chi connectivity index (χ2v) is 10.2. The smallest absolute Gasteiger partial charge is 0.313 e. The van der Waals surface area contributed by atoms with Gasteiger partial charge in [-0.05, 0) is 54.1 Å². The average molecular weight is 615 g/mol. The molecule has 0 saturated carbocycles. The van der Waals surface area contributed by atoms with E-state index in [1.807, 2.05) is 0 Å². The monoisotopic (exact) mass is 614 g/mol. The molecule has 0 unspecified atom stereocenters. The topological polar surface area (TPSA) is 122 Å². The first kappa shape index (κ1) is 28.0. The molecule has 2 heterocycles. The number of halogens is 2. The molecule has 0 atom stereocenters. The fourth-order valence-corrected chi connectivity index (χ4v) is 4.93. The van der Waals surface area contributed by atoms with E-state index >= 15 is 0 Å². The van der Waals surface area contributed by atoms with Crippen LogP contribution in [0.15, 0.2) is 99.2 Å². The molecule has 0 bridgehead atoms. The number of nitrogens with zero attached hydrogens (tertiary/aromatic N) is 4. The largest absolute Gasteiger partial charge is 0.496 e. The Morgan fingerprint density at radius 1 is 1.02 bits per heavy atom. The third kappa shape index (κ3) is 5.53. The van der Waals surface area contributed by atoms with Crippen LogP contribution in [-0.4, -0.2) is 27.9 Å². The Hall–Kier alpha value is -5.19. The summed E-state index contributed by atoms with van der Waals surface area (Å²) in [4.78, 5) is 29.6. The summed E-state index contributed by atoms with van der Waals surface area (Å²) in [6, 6.07) is 23.5. The highest BCUT2D eigenvalue weighted by Gasteiger charge is 2.22. The first-order valence-electron chi connectivity index (χ1n) is 12.8. The predicted molar refractivity (Wildman–Crippen MR) is 165 cm³/mol. The number of para-hydroxylation sites is 1. The number of nitro groups is 1. The van der Waals surface area contributed by atoms with Crippen molar-refractivity contribution in [3.63, 3.8) is 0 Å². The molecule has 214 valence electrons. The summed E-state index contributed by atoms with van der Waals surface area (Å²) in [5.41, 5.74) is 1.16. The quantitative estimate of drug-likeness (QED) is 0.0988. The Morgan fingerprint density at radius 2 is 1.81 bits per heavy atom. The second-order valence-electron chi connectivity index (χ2n) is 9.32. The molecule has 0 aliphatic carbocycles. The number of rotatable bonds is 8. The minimum atomic E-state index is -0.600. The van der Waals surface area contributed by atoms with E-state index in [4.69, 9.17) is 37.1 Å². The molecule has 2 aromatic heterocycles. The first-order valence-corrected chi connectivity index (χ1v) is 13.6. The lowest BCUT2D eigenvalue weighted by Gasteiger charge is -2.10. The minimum absolute atomic E-state index is 0.00167. The van der Waals surface area contributed by atoms with Gasteiger partial charge in [-0.3, -0.25) is 14.9 Å². The van der Waals surface area contributed by atoms with E-state index in [0.717, 1.165) is 10.2 Å². The normalized spacial score (nSPS) is 11.4. The van der Waals surface area contributed by atoms with Crippen molar-refractivity contribution in [2.24, 2.45) is 5.10 Å². The highest BCUT2D eigenvalue weighted by Crippen LogP contribution is 2.37. The summed E-state index contributed by atoms with van der Waals surface area (Å²) in [7, 11) is 1.55. The second kappa shape index (κ2) is 11.6. The number of hydrogen-bond donors (Lipinski definition) is 0. The molecule has 6 aromatic rings. The van der Waals surface area contributed by atoms with Gasteiger partial charge in [0.15, 0.2) is 5.76 Å². The fraction of sp³-hybridized carbons (Fsp3) is 0.0645. The molecular weight excluding hydrogens is 595 g/mol. The van der Waals surface area contributed by atoms with Gasteiger partial charge in [0.05, 0.1) is 39.6 Å². The molecule has 12 heteroatoms. The molecule has 4 aromatic carbocycles. The zero-order valence-electron chi connectivity index (χ0n) is 22.4. The first-order chi connectivity index (χ1) is 20.8. The summed E-state index contributed by atoms with van der Waals surface area (Å²) in [6.07, 6.45) is 1.28. The van der Waals surface area contributed by atoms with E-state index in [0.29, 0.717) is 32.6 Å². The van der Waals surface area contributed by atoms with Crippen LogP contribution in [0, 0.1) is 10.1 Å². The van der Waals surface area contributed by atoms with Crippen LogP contribution in [0.2, 0.25) is 10.0 Å². The summed E-state index contributed by atoms with van der Waals surface area (Å²) in [5.74, 6) is 0.891. The zero-order chi connectivity index (χ0) is 30.1. The summed E-state index contributed by atoms with van der Waals surface area (Å²) in [6.45, 7) is 0.0367. The van der Waals surface area contributed by atoms with Gasteiger partial charge in [-0.1, -0.05) is 53.5 Å². The lowest BCUT2D eigenvalue weighted by molar-refractivity contribution is -0.385. The highest BCUT2D eigenvalue weighted by atomic mass is 35.5. The maximum absolute atomic E-state index is 13.6. The summed E-state index contributed by atoms with van der Waals surface area (Å²) < 4.78 is 18.3. The van der Waals surface area contributed by atoms with Crippen molar-refractivity contribution in [3.05, 3.63) is 127 Å². The van der Waals surface area contributed by atoms with Crippen molar-refractivity contribution in [2.75, 3.05) is 7.11 Å². The molecule has 10 nitrogen and oxygen atoms in total. The van der Waals surface area contributed by atoms with Crippen LogP contribution in [0.1, 0.15) is 11.1 Å². The molecule has 0 N–H and O–H groups in total. The van der Waals surface area contributed by atoms with E-state index in [1.54, 1.807) is 79.9 Å². The van der Waals surface area contributed by atoms with Crippen LogP contribution >= 0.6 is 23.2 Å². The summed E-state index contributed by atoms with van der Waals surface area (Å²) >= 11 is 12.4. The molecule has 0 amide bonds. The van der Waals surface area contributed by atoms with Crippen molar-refractivity contribution >= 4 is 57.0 Å². The maximum Gasteiger partial charge on any atom is 0.313 e. The molecule has 6 rings (SSSR count). The van der Waals surface area contributed by atoms with Gasteiger partial charge in [0, 0.05) is 16.7 Å². The van der Waals surface area contributed by atoms with Crippen molar-refractivity contribution in [1.29, 1.82) is 0 Å². The molecule has 0 spiro atoms. The third-order valence-electron chi connectivity index (χ3n) is 6.58. The van der Waals surface area contributed by atoms with Crippen LogP contribution in [-0.2, 0) is 6.61 Å². The van der Waals surface area contributed by atoms with Gasteiger partial charge >= 0.3 is 5.69 Å². The number of aromatic nitrogens is 2. The highest BCUT2D eigenvalue weighted by molar-refractivity contribution is 6.32. The predicted octanol–water partition coefficient (Wildman–Crippen LogP) is 7.49. The molecule has 0 aliphatic heterocycles. The van der Waals surface area contributed by atoms with Gasteiger partial charge in [-0.15, -0.1) is 0 Å². The van der Waals surface area contributed by atoms with E-state index < -0.39 is 10.5 Å². The SMILES string of the molecule is COc1cccc2oc(-c3nc4ccccc4c(=O)n3N=Cc3cc(Cl)c(OCc4ccc(Cl)cc4)c([N+](=O)[O-])c3)cc12. The standard InChI is InChI=1S/C31H20Cl2N4O6/c1-41-26-7-4-8-27-22(26)15-28(43-27)30-35-24-6-3-2-5-21(24)31(38)36(30)34-16-19-13-23(33)29(25(14-19)37(39)40)42-17-18-9-11-20(32)12-10-18/h2-16H,17H2,1H3. The van der Waals surface area contributed by atoms with Gasteiger partial charge < -0.3 is 13.9 Å². The Balaban J connectivity index is 1.42. The minimum Gasteiger partial charge on any atom is -0.496 e. The number of hydrogen-bond acceptors (Lipinski definition) is 8. The summed E-state index contributed by atoms with van der Waals surface area (Å²) in [5, 5.41) is 17.9. The van der Waals surface area contributed by atoms with Gasteiger partial charge in [0.1, 0.15) is 17.9 Å². The molecule has 43 heavy (non-hydrogen) atoms. The Bertz CT molecular complexity index is 2100. The van der Waals surface area contributed by atoms with Crippen LogP contribution in [0.4, 0.5) is 5.69 Å². The van der Waals surface area contributed by atoms with Crippen molar-refractivity contribution in [1.82, 2.24) is 9.66 Å². The van der Waals surface area contributed by atoms with Gasteiger partial charge in [0.25, 0.3) is 5.56 Å². The van der Waals surface area contributed by atoms with Crippen LogP contribution in [0.5, 0.6) is 11.5 Å².